The van der Waals surface area contributed by atoms with Crippen LogP contribution in [0.25, 0.3) is 0 Å². The number of hydrogen-bond donors (Lipinski definition) is 3. The van der Waals surface area contributed by atoms with E-state index >= 15 is 0 Å². The molecule has 1 aromatic carbocycles. The molecule has 1 aromatic heterocycles. The largest absolute Gasteiger partial charge is 0.493 e. The Morgan fingerprint density at radius 2 is 2.08 bits per heavy atom. The first-order valence-electron chi connectivity index (χ1n) is 7.80. The van der Waals surface area contributed by atoms with Crippen LogP contribution < -0.4 is 10.9 Å². The summed E-state index contributed by atoms with van der Waals surface area (Å²) in [5.41, 5.74) is 0.942. The Balaban J connectivity index is 1.93. The standard InChI is InChI=1S/C17H21N3O3S/c1-3-7-13-15(22)19-17(20-16(13)23)24-10-14(21)18-11(2)12-8-5-4-6-9-12/h4-6,8-9,11H,3,7,10H2,1-2H3,(H,18,21)(H2,19,20,22,23). The fourth-order valence-electron chi connectivity index (χ4n) is 2.25. The molecule has 1 atom stereocenters. The maximum absolute atomic E-state index is 12.0. The molecule has 6 nitrogen and oxygen atoms in total. The molecule has 0 fully saturated rings. The lowest BCUT2D eigenvalue weighted by Crippen LogP contribution is -2.28. The second kappa shape index (κ2) is 8.54. The number of nitrogens with one attached hydrogen (secondary N) is 2. The Hall–Kier alpha value is -2.28. The first-order valence-corrected chi connectivity index (χ1v) is 8.79. The summed E-state index contributed by atoms with van der Waals surface area (Å²) in [5, 5.41) is 12.9. The molecular formula is C17H21N3O3S. The van der Waals surface area contributed by atoms with Gasteiger partial charge >= 0.3 is 0 Å². The SMILES string of the molecule is CCCc1c(O)nc(SCC(=O)NC(C)c2ccccc2)[nH]c1=O. The van der Waals surface area contributed by atoms with Crippen molar-refractivity contribution in [3.63, 3.8) is 0 Å². The molecule has 2 aromatic rings. The van der Waals surface area contributed by atoms with E-state index in [1.807, 2.05) is 44.2 Å². The number of H-pyrrole nitrogens is 1. The van der Waals surface area contributed by atoms with Crippen LogP contribution in [0, 0.1) is 0 Å². The molecule has 7 heteroatoms. The van der Waals surface area contributed by atoms with Gasteiger partial charge in [-0.15, -0.1) is 0 Å². The summed E-state index contributed by atoms with van der Waals surface area (Å²) in [5.74, 6) is -0.329. The van der Waals surface area contributed by atoms with E-state index < -0.39 is 0 Å². The van der Waals surface area contributed by atoms with Crippen LogP contribution in [-0.4, -0.2) is 26.7 Å². The van der Waals surface area contributed by atoms with Gasteiger partial charge < -0.3 is 15.4 Å². The molecule has 2 rings (SSSR count). The summed E-state index contributed by atoms with van der Waals surface area (Å²) in [6.45, 7) is 3.82. The maximum atomic E-state index is 12.0. The molecule has 0 aliphatic heterocycles. The number of aromatic hydroxyl groups is 1. The van der Waals surface area contributed by atoms with E-state index in [0.29, 0.717) is 6.42 Å². The van der Waals surface area contributed by atoms with Crippen LogP contribution in [0.1, 0.15) is 37.4 Å². The Morgan fingerprint density at radius 1 is 1.38 bits per heavy atom. The van der Waals surface area contributed by atoms with Crippen molar-refractivity contribution in [3.8, 4) is 5.88 Å². The summed E-state index contributed by atoms with van der Waals surface area (Å²) in [6, 6.07) is 9.55. The van der Waals surface area contributed by atoms with E-state index in [9.17, 15) is 14.7 Å². The number of hydrogen-bond acceptors (Lipinski definition) is 5. The Morgan fingerprint density at radius 3 is 2.71 bits per heavy atom. The number of carbonyl (C=O) groups excluding carboxylic acids is 1. The van der Waals surface area contributed by atoms with Crippen molar-refractivity contribution in [3.05, 3.63) is 51.8 Å². The van der Waals surface area contributed by atoms with E-state index in [-0.39, 0.29) is 39.9 Å². The molecule has 0 aliphatic carbocycles. The van der Waals surface area contributed by atoms with Crippen molar-refractivity contribution in [2.24, 2.45) is 0 Å². The Kier molecular flexibility index (Phi) is 6.43. The van der Waals surface area contributed by atoms with Crippen LogP contribution in [0.15, 0.2) is 40.3 Å². The molecule has 1 unspecified atom stereocenters. The molecule has 0 aliphatic rings. The second-order valence-electron chi connectivity index (χ2n) is 5.41. The first-order chi connectivity index (χ1) is 11.5. The maximum Gasteiger partial charge on any atom is 0.258 e. The number of aromatic nitrogens is 2. The Labute approximate surface area is 144 Å². The normalized spacial score (nSPS) is 11.9. The fourth-order valence-corrected chi connectivity index (χ4v) is 2.92. The third-order valence-electron chi connectivity index (χ3n) is 3.49. The third kappa shape index (κ3) is 4.86. The highest BCUT2D eigenvalue weighted by atomic mass is 32.2. The lowest BCUT2D eigenvalue weighted by Gasteiger charge is -2.14. The van der Waals surface area contributed by atoms with E-state index in [1.165, 1.54) is 0 Å². The molecule has 1 heterocycles. The minimum absolute atomic E-state index is 0.104. The van der Waals surface area contributed by atoms with Gasteiger partial charge in [0.15, 0.2) is 5.16 Å². The van der Waals surface area contributed by atoms with Crippen molar-refractivity contribution in [2.45, 2.75) is 37.9 Å². The van der Waals surface area contributed by atoms with Gasteiger partial charge in [-0.25, -0.2) is 0 Å². The number of nitrogens with zero attached hydrogens (tertiary/aromatic N) is 1. The second-order valence-corrected chi connectivity index (χ2v) is 6.38. The lowest BCUT2D eigenvalue weighted by atomic mass is 10.1. The molecule has 0 radical (unpaired) electrons. The van der Waals surface area contributed by atoms with Crippen LogP contribution in [0.3, 0.4) is 0 Å². The zero-order valence-corrected chi connectivity index (χ0v) is 14.5. The van der Waals surface area contributed by atoms with Gasteiger partial charge in [0.2, 0.25) is 11.8 Å². The summed E-state index contributed by atoms with van der Waals surface area (Å²) >= 11 is 1.08. The molecule has 1 amide bonds. The summed E-state index contributed by atoms with van der Waals surface area (Å²) in [7, 11) is 0. The summed E-state index contributed by atoms with van der Waals surface area (Å²) in [4.78, 5) is 30.5. The number of rotatable bonds is 7. The molecule has 0 saturated heterocycles. The highest BCUT2D eigenvalue weighted by molar-refractivity contribution is 7.99. The highest BCUT2D eigenvalue weighted by Gasteiger charge is 2.13. The van der Waals surface area contributed by atoms with E-state index in [0.717, 1.165) is 23.7 Å². The van der Waals surface area contributed by atoms with Gasteiger partial charge in [-0.1, -0.05) is 55.4 Å². The average Bonchev–Trinajstić information content (AvgIpc) is 2.57. The monoisotopic (exact) mass is 347 g/mol. The van der Waals surface area contributed by atoms with Crippen molar-refractivity contribution in [2.75, 3.05) is 5.75 Å². The van der Waals surface area contributed by atoms with Crippen molar-refractivity contribution in [1.29, 1.82) is 0 Å². The lowest BCUT2D eigenvalue weighted by molar-refractivity contribution is -0.119. The summed E-state index contributed by atoms with van der Waals surface area (Å²) < 4.78 is 0. The molecule has 0 spiro atoms. The fraction of sp³-hybridized carbons (Fsp3) is 0.353. The van der Waals surface area contributed by atoms with Gasteiger partial charge in [0.25, 0.3) is 5.56 Å². The predicted octanol–water partition coefficient (Wildman–Crippen LogP) is 2.40. The summed E-state index contributed by atoms with van der Waals surface area (Å²) in [6.07, 6.45) is 1.21. The van der Waals surface area contributed by atoms with Gasteiger partial charge in [-0.05, 0) is 18.9 Å². The highest BCUT2D eigenvalue weighted by Crippen LogP contribution is 2.18. The predicted molar refractivity (Wildman–Crippen MR) is 94.2 cm³/mol. The van der Waals surface area contributed by atoms with Crippen molar-refractivity contribution in [1.82, 2.24) is 15.3 Å². The minimum atomic E-state index is -0.357. The van der Waals surface area contributed by atoms with Crippen molar-refractivity contribution >= 4 is 17.7 Å². The topological polar surface area (TPSA) is 95.1 Å². The van der Waals surface area contributed by atoms with Crippen LogP contribution in [0.4, 0.5) is 0 Å². The van der Waals surface area contributed by atoms with Crippen LogP contribution in [-0.2, 0) is 11.2 Å². The van der Waals surface area contributed by atoms with Crippen molar-refractivity contribution < 1.29 is 9.90 Å². The van der Waals surface area contributed by atoms with Crippen LogP contribution in [0.5, 0.6) is 5.88 Å². The zero-order valence-electron chi connectivity index (χ0n) is 13.7. The van der Waals surface area contributed by atoms with Gasteiger partial charge in [0.05, 0.1) is 17.4 Å². The minimum Gasteiger partial charge on any atom is -0.493 e. The van der Waals surface area contributed by atoms with Gasteiger partial charge in [-0.3, -0.25) is 9.59 Å². The number of aromatic amines is 1. The molecule has 3 N–H and O–H groups in total. The third-order valence-corrected chi connectivity index (χ3v) is 4.36. The smallest absolute Gasteiger partial charge is 0.258 e. The molecule has 128 valence electrons. The first kappa shape index (κ1) is 18.1. The molecular weight excluding hydrogens is 326 g/mol. The number of carbonyl (C=O) groups is 1. The average molecular weight is 347 g/mol. The molecule has 0 bridgehead atoms. The number of amides is 1. The van der Waals surface area contributed by atoms with Crippen LogP contribution in [0.2, 0.25) is 0 Å². The van der Waals surface area contributed by atoms with E-state index in [4.69, 9.17) is 0 Å². The zero-order chi connectivity index (χ0) is 17.5. The van der Waals surface area contributed by atoms with Gasteiger partial charge in [0, 0.05) is 0 Å². The van der Waals surface area contributed by atoms with Gasteiger partial charge in [0.1, 0.15) is 0 Å². The van der Waals surface area contributed by atoms with E-state index in [1.54, 1.807) is 0 Å². The Bertz CT molecular complexity index is 746. The van der Waals surface area contributed by atoms with Crippen LogP contribution >= 0.6 is 11.8 Å². The quantitative estimate of drug-likeness (QED) is 0.528. The number of thioether (sulfide) groups is 1. The molecule has 0 saturated carbocycles. The van der Waals surface area contributed by atoms with E-state index in [2.05, 4.69) is 15.3 Å². The number of benzene rings is 1. The van der Waals surface area contributed by atoms with Gasteiger partial charge in [-0.2, -0.15) is 4.98 Å². The molecule has 24 heavy (non-hydrogen) atoms.